The topological polar surface area (TPSA) is 81.8 Å². The number of amides is 1. The molecular weight excluding hydrogens is 392 g/mol. The van der Waals surface area contributed by atoms with Gasteiger partial charge in [0.05, 0.1) is 18.8 Å². The van der Waals surface area contributed by atoms with Gasteiger partial charge in [0.2, 0.25) is 5.91 Å². The van der Waals surface area contributed by atoms with Crippen molar-refractivity contribution in [1.82, 2.24) is 20.4 Å². The Labute approximate surface area is 188 Å². The van der Waals surface area contributed by atoms with Gasteiger partial charge in [0.25, 0.3) is 0 Å². The quantitative estimate of drug-likeness (QED) is 0.544. The molecule has 0 radical (unpaired) electrons. The maximum absolute atomic E-state index is 12.7. The Morgan fingerprint density at radius 1 is 1.00 bits per heavy atom. The number of nitrogens with zero attached hydrogens (tertiary/aromatic N) is 2. The fourth-order valence-electron chi connectivity index (χ4n) is 4.78. The van der Waals surface area contributed by atoms with Gasteiger partial charge in [-0.2, -0.15) is 0 Å². The molecule has 2 saturated heterocycles. The zero-order valence-corrected chi connectivity index (χ0v) is 20.4. The molecule has 3 unspecified atom stereocenters. The van der Waals surface area contributed by atoms with Crippen molar-refractivity contribution in [2.24, 2.45) is 23.7 Å². The van der Waals surface area contributed by atoms with E-state index in [0.29, 0.717) is 0 Å². The van der Waals surface area contributed by atoms with Gasteiger partial charge in [-0.15, -0.1) is 0 Å². The molecule has 0 bridgehead atoms. The number of nitrogens with one attached hydrogen (secondary N) is 2. The summed E-state index contributed by atoms with van der Waals surface area (Å²) in [6.45, 7) is 10.9. The minimum atomic E-state index is -0.732. The van der Waals surface area contributed by atoms with Gasteiger partial charge >= 0.3 is 0 Å². The maximum atomic E-state index is 12.7. The molecule has 0 aromatic heterocycles. The lowest BCUT2D eigenvalue weighted by molar-refractivity contribution is -0.133. The molecule has 0 spiro atoms. The van der Waals surface area contributed by atoms with Gasteiger partial charge in [0.1, 0.15) is 5.78 Å². The third kappa shape index (κ3) is 7.95. The molecule has 0 saturated carbocycles. The van der Waals surface area contributed by atoms with E-state index in [9.17, 15) is 14.4 Å². The second kappa shape index (κ2) is 12.1. The molecule has 0 aromatic rings. The summed E-state index contributed by atoms with van der Waals surface area (Å²) in [4.78, 5) is 41.8. The molecule has 2 aliphatic rings. The molecule has 7 nitrogen and oxygen atoms in total. The first-order valence-corrected chi connectivity index (χ1v) is 12.1. The molecule has 2 rings (SSSR count). The third-order valence-corrected chi connectivity index (χ3v) is 7.08. The lowest BCUT2D eigenvalue weighted by atomic mass is 9.79. The van der Waals surface area contributed by atoms with Crippen LogP contribution in [0.3, 0.4) is 0 Å². The number of likely N-dealkylation sites (tertiary alicyclic amines) is 1. The SMILES string of the molecule is CC(C)C(=O)CC(NC(=O)CN(C)C1CCC(C2CCN(C)CC2)CN1)C(=O)C(C)C. The summed E-state index contributed by atoms with van der Waals surface area (Å²) >= 11 is 0. The summed E-state index contributed by atoms with van der Waals surface area (Å²) < 4.78 is 0. The van der Waals surface area contributed by atoms with Crippen LogP contribution in [0.2, 0.25) is 0 Å². The molecule has 3 atom stereocenters. The number of hydrogen-bond donors (Lipinski definition) is 2. The van der Waals surface area contributed by atoms with Gasteiger partial charge in [0.15, 0.2) is 5.78 Å². The number of hydrogen-bond acceptors (Lipinski definition) is 6. The average molecular weight is 437 g/mol. The Kier molecular flexibility index (Phi) is 10.1. The van der Waals surface area contributed by atoms with Crippen molar-refractivity contribution >= 4 is 17.5 Å². The van der Waals surface area contributed by atoms with E-state index in [1.807, 2.05) is 25.8 Å². The van der Waals surface area contributed by atoms with Crippen LogP contribution in [-0.2, 0) is 14.4 Å². The highest BCUT2D eigenvalue weighted by Gasteiger charge is 2.32. The summed E-state index contributed by atoms with van der Waals surface area (Å²) in [6, 6.07) is -0.732. The summed E-state index contributed by atoms with van der Waals surface area (Å²) in [5, 5.41) is 6.47. The molecule has 2 heterocycles. The number of rotatable bonds is 10. The fourth-order valence-corrected chi connectivity index (χ4v) is 4.78. The van der Waals surface area contributed by atoms with Crippen LogP contribution < -0.4 is 10.6 Å². The third-order valence-electron chi connectivity index (χ3n) is 7.08. The number of Topliss-reactive ketones (excluding diaryl/α,β-unsaturated/α-hetero) is 2. The van der Waals surface area contributed by atoms with Crippen molar-refractivity contribution in [3.63, 3.8) is 0 Å². The fraction of sp³-hybridized carbons (Fsp3) is 0.875. The second-order valence-corrected chi connectivity index (χ2v) is 10.3. The van der Waals surface area contributed by atoms with E-state index in [1.54, 1.807) is 13.8 Å². The smallest absolute Gasteiger partial charge is 0.234 e. The first-order valence-electron chi connectivity index (χ1n) is 12.1. The van der Waals surface area contributed by atoms with Gasteiger partial charge in [-0.1, -0.05) is 27.7 Å². The van der Waals surface area contributed by atoms with Gasteiger partial charge in [-0.05, 0) is 71.2 Å². The van der Waals surface area contributed by atoms with Gasteiger partial charge in [-0.3, -0.25) is 19.3 Å². The Morgan fingerprint density at radius 3 is 2.16 bits per heavy atom. The van der Waals surface area contributed by atoms with Crippen molar-refractivity contribution in [2.45, 2.75) is 72.0 Å². The van der Waals surface area contributed by atoms with Crippen molar-refractivity contribution in [3.8, 4) is 0 Å². The molecule has 2 N–H and O–H groups in total. The lowest BCUT2D eigenvalue weighted by Gasteiger charge is -2.40. The molecule has 31 heavy (non-hydrogen) atoms. The summed E-state index contributed by atoms with van der Waals surface area (Å²) in [6.07, 6.45) is 5.03. The van der Waals surface area contributed by atoms with Gasteiger partial charge in [0, 0.05) is 18.3 Å². The molecule has 0 aromatic carbocycles. The van der Waals surface area contributed by atoms with E-state index in [0.717, 1.165) is 24.8 Å². The maximum Gasteiger partial charge on any atom is 0.234 e. The molecule has 1 amide bonds. The number of carbonyl (C=O) groups excluding carboxylic acids is 3. The van der Waals surface area contributed by atoms with E-state index in [2.05, 4.69) is 22.6 Å². The van der Waals surface area contributed by atoms with Crippen molar-refractivity contribution in [2.75, 3.05) is 40.3 Å². The highest BCUT2D eigenvalue weighted by Crippen LogP contribution is 2.30. The lowest BCUT2D eigenvalue weighted by Crippen LogP contribution is -2.54. The second-order valence-electron chi connectivity index (χ2n) is 10.3. The standard InChI is InChI=1S/C24H44N4O3/c1-16(2)21(29)13-20(24(31)17(3)4)26-23(30)15-28(6)22-8-7-19(14-25-22)18-9-11-27(5)12-10-18/h16-20,22,25H,7-15H2,1-6H3,(H,26,30). The van der Waals surface area contributed by atoms with Gasteiger partial charge < -0.3 is 15.5 Å². The van der Waals surface area contributed by atoms with E-state index >= 15 is 0 Å². The Balaban J connectivity index is 1.82. The monoisotopic (exact) mass is 436 g/mol. The van der Waals surface area contributed by atoms with Crippen LogP contribution in [0.5, 0.6) is 0 Å². The van der Waals surface area contributed by atoms with E-state index in [1.165, 1.54) is 32.4 Å². The van der Waals surface area contributed by atoms with Crippen molar-refractivity contribution < 1.29 is 14.4 Å². The molecule has 2 fully saturated rings. The van der Waals surface area contributed by atoms with Crippen LogP contribution in [0.25, 0.3) is 0 Å². The number of ketones is 2. The van der Waals surface area contributed by atoms with Crippen LogP contribution >= 0.6 is 0 Å². The van der Waals surface area contributed by atoms with Gasteiger partial charge in [-0.25, -0.2) is 0 Å². The highest BCUT2D eigenvalue weighted by molar-refractivity contribution is 5.95. The summed E-state index contributed by atoms with van der Waals surface area (Å²) in [7, 11) is 4.15. The zero-order chi connectivity index (χ0) is 23.1. The summed E-state index contributed by atoms with van der Waals surface area (Å²) in [5.74, 6) is 0.882. The Bertz CT molecular complexity index is 606. The molecule has 2 aliphatic heterocycles. The number of likely N-dealkylation sites (N-methyl/N-ethyl adjacent to an activating group) is 1. The predicted octanol–water partition coefficient (Wildman–Crippen LogP) is 1.91. The molecule has 0 aliphatic carbocycles. The molecule has 178 valence electrons. The normalized spacial score (nSPS) is 24.5. The highest BCUT2D eigenvalue weighted by atomic mass is 16.2. The van der Waals surface area contributed by atoms with Crippen molar-refractivity contribution in [3.05, 3.63) is 0 Å². The van der Waals surface area contributed by atoms with Crippen LogP contribution in [0, 0.1) is 23.7 Å². The Morgan fingerprint density at radius 2 is 1.65 bits per heavy atom. The Hall–Kier alpha value is -1.31. The minimum Gasteiger partial charge on any atom is -0.345 e. The average Bonchev–Trinajstić information content (AvgIpc) is 2.73. The van der Waals surface area contributed by atoms with Crippen LogP contribution in [0.4, 0.5) is 0 Å². The van der Waals surface area contributed by atoms with Crippen molar-refractivity contribution in [1.29, 1.82) is 0 Å². The van der Waals surface area contributed by atoms with Crippen LogP contribution in [-0.4, -0.2) is 79.8 Å². The van der Waals surface area contributed by atoms with E-state index < -0.39 is 6.04 Å². The largest absolute Gasteiger partial charge is 0.345 e. The predicted molar refractivity (Wildman–Crippen MR) is 124 cm³/mol. The van der Waals surface area contributed by atoms with E-state index in [-0.39, 0.29) is 48.4 Å². The number of carbonyl (C=O) groups is 3. The minimum absolute atomic E-state index is 0.00144. The van der Waals surface area contributed by atoms with Crippen LogP contribution in [0.1, 0.15) is 59.8 Å². The first kappa shape index (κ1) is 25.9. The summed E-state index contributed by atoms with van der Waals surface area (Å²) in [5.41, 5.74) is 0. The first-order chi connectivity index (χ1) is 14.6. The zero-order valence-electron chi connectivity index (χ0n) is 20.4. The van der Waals surface area contributed by atoms with Crippen LogP contribution in [0.15, 0.2) is 0 Å². The molecular formula is C24H44N4O3. The van der Waals surface area contributed by atoms with E-state index in [4.69, 9.17) is 0 Å². The molecule has 7 heteroatoms. The number of piperidine rings is 2.